The lowest BCUT2D eigenvalue weighted by atomic mass is 10.2. The molecule has 5 nitrogen and oxygen atoms in total. The van der Waals surface area contributed by atoms with Crippen LogP contribution in [-0.2, 0) is 14.8 Å². The average Bonchev–Trinajstić information content (AvgIpc) is 2.89. The quantitative estimate of drug-likeness (QED) is 0.848. The first-order valence-electron chi connectivity index (χ1n) is 6.22. The molecule has 1 aromatic rings. The van der Waals surface area contributed by atoms with Crippen molar-refractivity contribution in [2.45, 2.75) is 17.7 Å². The van der Waals surface area contributed by atoms with Gasteiger partial charge < -0.3 is 5.11 Å². The minimum atomic E-state index is -3.72. The molecule has 0 aliphatic carbocycles. The third-order valence-electron chi connectivity index (χ3n) is 3.10. The van der Waals surface area contributed by atoms with Gasteiger partial charge in [0.25, 0.3) is 0 Å². The van der Waals surface area contributed by atoms with Crippen LogP contribution in [0, 0.1) is 0 Å². The standard InChI is InChI=1S/C13H13Cl2NO4S/c14-10-7-9(3-4-12(17)18)8-11(15)13(10)21(19,20)16-5-1-2-6-16/h3-4,7-8H,1-2,5-6H2,(H,17,18). The maximum absolute atomic E-state index is 12.5. The molecule has 1 fully saturated rings. The van der Waals surface area contributed by atoms with Crippen LogP contribution in [-0.4, -0.2) is 36.9 Å². The zero-order chi connectivity index (χ0) is 15.6. The van der Waals surface area contributed by atoms with Crippen LogP contribution in [0.25, 0.3) is 6.08 Å². The van der Waals surface area contributed by atoms with Crippen LogP contribution >= 0.6 is 23.2 Å². The van der Waals surface area contributed by atoms with Crippen molar-refractivity contribution in [2.24, 2.45) is 0 Å². The zero-order valence-electron chi connectivity index (χ0n) is 10.9. The molecule has 1 N–H and O–H groups in total. The van der Waals surface area contributed by atoms with Crippen LogP contribution in [0.3, 0.4) is 0 Å². The molecular formula is C13H13Cl2NO4S. The molecule has 0 atom stereocenters. The van der Waals surface area contributed by atoms with E-state index >= 15 is 0 Å². The van der Waals surface area contributed by atoms with Gasteiger partial charge in [-0.05, 0) is 36.6 Å². The lowest BCUT2D eigenvalue weighted by Gasteiger charge is -2.17. The van der Waals surface area contributed by atoms with Crippen LogP contribution in [0.15, 0.2) is 23.1 Å². The molecule has 1 aliphatic rings. The maximum Gasteiger partial charge on any atom is 0.328 e. The number of rotatable bonds is 4. The molecule has 8 heteroatoms. The average molecular weight is 350 g/mol. The third-order valence-corrected chi connectivity index (χ3v) is 5.92. The van der Waals surface area contributed by atoms with E-state index in [-0.39, 0.29) is 14.9 Å². The van der Waals surface area contributed by atoms with Crippen molar-refractivity contribution in [3.05, 3.63) is 33.8 Å². The van der Waals surface area contributed by atoms with Crippen molar-refractivity contribution in [3.63, 3.8) is 0 Å². The molecule has 21 heavy (non-hydrogen) atoms. The van der Waals surface area contributed by atoms with E-state index in [1.807, 2.05) is 0 Å². The normalized spacial score (nSPS) is 16.7. The van der Waals surface area contributed by atoms with E-state index in [1.165, 1.54) is 22.5 Å². The summed E-state index contributed by atoms with van der Waals surface area (Å²) in [5.74, 6) is -1.11. The third kappa shape index (κ3) is 3.58. The SMILES string of the molecule is O=C(O)C=Cc1cc(Cl)c(S(=O)(=O)N2CCCC2)c(Cl)c1. The van der Waals surface area contributed by atoms with Gasteiger partial charge in [0, 0.05) is 19.2 Å². The van der Waals surface area contributed by atoms with Crippen LogP contribution in [0.1, 0.15) is 18.4 Å². The van der Waals surface area contributed by atoms with Crippen LogP contribution in [0.5, 0.6) is 0 Å². The molecule has 0 bridgehead atoms. The number of benzene rings is 1. The van der Waals surface area contributed by atoms with E-state index < -0.39 is 16.0 Å². The van der Waals surface area contributed by atoms with Crippen molar-refractivity contribution in [1.82, 2.24) is 4.31 Å². The van der Waals surface area contributed by atoms with Gasteiger partial charge in [-0.1, -0.05) is 23.2 Å². The number of hydrogen-bond acceptors (Lipinski definition) is 3. The summed E-state index contributed by atoms with van der Waals surface area (Å²) in [6, 6.07) is 2.77. The summed E-state index contributed by atoms with van der Waals surface area (Å²) in [6.45, 7) is 0.908. The Kier molecular flexibility index (Phi) is 4.93. The zero-order valence-corrected chi connectivity index (χ0v) is 13.2. The van der Waals surface area contributed by atoms with Gasteiger partial charge in [0.2, 0.25) is 10.0 Å². The molecule has 2 rings (SSSR count). The summed E-state index contributed by atoms with van der Waals surface area (Å²) < 4.78 is 26.4. The van der Waals surface area contributed by atoms with E-state index in [9.17, 15) is 13.2 Å². The fourth-order valence-electron chi connectivity index (χ4n) is 2.15. The van der Waals surface area contributed by atoms with E-state index in [1.54, 1.807) is 0 Å². The number of hydrogen-bond donors (Lipinski definition) is 1. The number of carboxylic acid groups (broad SMARTS) is 1. The Morgan fingerprint density at radius 1 is 1.19 bits per heavy atom. The molecule has 1 heterocycles. The van der Waals surface area contributed by atoms with Crippen LogP contribution in [0.2, 0.25) is 10.0 Å². The molecule has 114 valence electrons. The Labute approximate surface area is 132 Å². The summed E-state index contributed by atoms with van der Waals surface area (Å²) in [5, 5.41) is 8.56. The molecule has 0 spiro atoms. The van der Waals surface area contributed by atoms with Gasteiger partial charge in [-0.3, -0.25) is 0 Å². The summed E-state index contributed by atoms with van der Waals surface area (Å²) in [6.07, 6.45) is 3.85. The topological polar surface area (TPSA) is 74.7 Å². The van der Waals surface area contributed by atoms with Crippen molar-refractivity contribution >= 4 is 45.3 Å². The van der Waals surface area contributed by atoms with Gasteiger partial charge in [0.05, 0.1) is 10.0 Å². The van der Waals surface area contributed by atoms with Gasteiger partial charge in [-0.15, -0.1) is 0 Å². The van der Waals surface area contributed by atoms with Crippen LogP contribution in [0.4, 0.5) is 0 Å². The molecule has 0 radical (unpaired) electrons. The molecule has 1 aromatic carbocycles. The monoisotopic (exact) mass is 349 g/mol. The van der Waals surface area contributed by atoms with Gasteiger partial charge in [-0.25, -0.2) is 13.2 Å². The first-order valence-corrected chi connectivity index (χ1v) is 8.42. The highest BCUT2D eigenvalue weighted by molar-refractivity contribution is 7.89. The lowest BCUT2D eigenvalue weighted by molar-refractivity contribution is -0.131. The molecule has 0 unspecified atom stereocenters. The Morgan fingerprint density at radius 3 is 2.19 bits per heavy atom. The van der Waals surface area contributed by atoms with E-state index in [0.717, 1.165) is 18.9 Å². The van der Waals surface area contributed by atoms with Crippen molar-refractivity contribution in [1.29, 1.82) is 0 Å². The van der Waals surface area contributed by atoms with Crippen LogP contribution < -0.4 is 0 Å². The number of sulfonamides is 1. The number of carbonyl (C=O) groups is 1. The lowest BCUT2D eigenvalue weighted by Crippen LogP contribution is -2.28. The molecule has 1 saturated heterocycles. The van der Waals surface area contributed by atoms with E-state index in [4.69, 9.17) is 28.3 Å². The smallest absolute Gasteiger partial charge is 0.328 e. The number of carboxylic acids is 1. The fourth-order valence-corrected chi connectivity index (χ4v) is 4.84. The number of nitrogens with zero attached hydrogens (tertiary/aromatic N) is 1. The second-order valence-electron chi connectivity index (χ2n) is 4.60. The second-order valence-corrected chi connectivity index (χ2v) is 7.29. The summed E-state index contributed by atoms with van der Waals surface area (Å²) >= 11 is 12.1. The predicted molar refractivity (Wildman–Crippen MR) is 81.1 cm³/mol. The number of aliphatic carboxylic acids is 1. The Hall–Kier alpha value is -1.08. The minimum Gasteiger partial charge on any atom is -0.478 e. The highest BCUT2D eigenvalue weighted by Crippen LogP contribution is 2.34. The molecule has 0 aromatic heterocycles. The van der Waals surface area contributed by atoms with Crippen molar-refractivity contribution in [3.8, 4) is 0 Å². The first kappa shape index (κ1) is 16.3. The summed E-state index contributed by atoms with van der Waals surface area (Å²) in [4.78, 5) is 10.4. The van der Waals surface area contributed by atoms with Crippen molar-refractivity contribution < 1.29 is 18.3 Å². The largest absolute Gasteiger partial charge is 0.478 e. The Balaban J connectivity index is 2.44. The predicted octanol–water partition coefficient (Wildman–Crippen LogP) is 2.88. The molecule has 0 amide bonds. The molecule has 0 saturated carbocycles. The van der Waals surface area contributed by atoms with Gasteiger partial charge in [-0.2, -0.15) is 4.31 Å². The molecular weight excluding hydrogens is 337 g/mol. The highest BCUT2D eigenvalue weighted by atomic mass is 35.5. The van der Waals surface area contributed by atoms with Crippen molar-refractivity contribution in [2.75, 3.05) is 13.1 Å². The first-order chi connectivity index (χ1) is 9.82. The maximum atomic E-state index is 12.5. The molecule has 1 aliphatic heterocycles. The van der Waals surface area contributed by atoms with Gasteiger partial charge in [0.1, 0.15) is 4.90 Å². The highest BCUT2D eigenvalue weighted by Gasteiger charge is 2.31. The number of halogens is 2. The van der Waals surface area contributed by atoms with E-state index in [0.29, 0.717) is 18.7 Å². The summed E-state index contributed by atoms with van der Waals surface area (Å²) in [5.41, 5.74) is 0.424. The Morgan fingerprint density at radius 2 is 1.71 bits per heavy atom. The van der Waals surface area contributed by atoms with Gasteiger partial charge in [0.15, 0.2) is 0 Å². The van der Waals surface area contributed by atoms with E-state index in [2.05, 4.69) is 0 Å². The summed E-state index contributed by atoms with van der Waals surface area (Å²) in [7, 11) is -3.72. The Bertz CT molecular complexity index is 671. The second kappa shape index (κ2) is 6.36. The minimum absolute atomic E-state index is 0.0144. The fraction of sp³-hybridized carbons (Fsp3) is 0.308. The van der Waals surface area contributed by atoms with Gasteiger partial charge >= 0.3 is 5.97 Å².